The Morgan fingerprint density at radius 2 is 1.91 bits per heavy atom. The molecule has 2 fully saturated rings. The number of benzene rings is 1. The number of hydrogen-bond donors (Lipinski definition) is 0. The molecule has 0 spiro atoms. The van der Waals surface area contributed by atoms with Gasteiger partial charge in [0.2, 0.25) is 5.91 Å². The van der Waals surface area contributed by atoms with Crippen molar-refractivity contribution in [2.75, 3.05) is 5.33 Å². The van der Waals surface area contributed by atoms with E-state index in [1.54, 1.807) is 0 Å². The Balaban J connectivity index is 1.68. The molecular weight excluding hydrogens is 415 g/mol. The number of carbonyl (C=O) groups excluding carboxylic acids is 1. The van der Waals surface area contributed by atoms with Crippen LogP contribution in [0.25, 0.3) is 0 Å². The molecule has 2 heterocycles. The predicted molar refractivity (Wildman–Crippen MR) is 102 cm³/mol. The third kappa shape index (κ3) is 3.96. The van der Waals surface area contributed by atoms with E-state index in [4.69, 9.17) is 23.4 Å². The van der Waals surface area contributed by atoms with Crippen molar-refractivity contribution in [3.8, 4) is 0 Å². The predicted octanol–water partition coefficient (Wildman–Crippen LogP) is 4.38. The normalized spacial score (nSPS) is 27.3. The number of piperidine rings is 1. The van der Waals surface area contributed by atoms with Crippen LogP contribution in [0.2, 0.25) is 5.02 Å². The molecule has 23 heavy (non-hydrogen) atoms. The lowest BCUT2D eigenvalue weighted by Gasteiger charge is -2.41. The highest BCUT2D eigenvalue weighted by Gasteiger charge is 2.42. The van der Waals surface area contributed by atoms with Gasteiger partial charge in [-0.05, 0) is 55.2 Å². The number of amides is 1. The third-order valence-corrected chi connectivity index (χ3v) is 6.93. The average Bonchev–Trinajstić information content (AvgIpc) is 2.79. The van der Waals surface area contributed by atoms with Gasteiger partial charge in [-0.25, -0.2) is 0 Å². The summed E-state index contributed by atoms with van der Waals surface area (Å²) < 4.78 is 1.86. The number of halogens is 2. The first-order chi connectivity index (χ1) is 11.1. The lowest BCUT2D eigenvalue weighted by molar-refractivity contribution is -0.125. The molecule has 124 valence electrons. The molecule has 1 amide bonds. The Hall–Kier alpha value is -0.0600. The van der Waals surface area contributed by atoms with E-state index >= 15 is 0 Å². The minimum atomic E-state index is 0.109. The van der Waals surface area contributed by atoms with Gasteiger partial charge in [-0.2, -0.15) is 0 Å². The molecule has 2 aliphatic rings. The van der Waals surface area contributed by atoms with E-state index in [0.29, 0.717) is 24.9 Å². The first-order valence-corrected chi connectivity index (χ1v) is 11.2. The zero-order chi connectivity index (χ0) is 16.4. The van der Waals surface area contributed by atoms with Crippen molar-refractivity contribution in [2.24, 2.45) is 0 Å². The van der Waals surface area contributed by atoms with Crippen LogP contribution in [0.4, 0.5) is 0 Å². The average molecular weight is 434 g/mol. The van der Waals surface area contributed by atoms with Crippen molar-refractivity contribution < 1.29 is 4.79 Å². The zero-order valence-corrected chi connectivity index (χ0v) is 16.8. The smallest absolute Gasteiger partial charge is 0.241 e. The second kappa shape index (κ2) is 7.88. The van der Waals surface area contributed by atoms with Crippen LogP contribution in [0.1, 0.15) is 31.2 Å². The molecule has 2 bridgehead atoms. The van der Waals surface area contributed by atoms with E-state index in [9.17, 15) is 4.79 Å². The molecule has 0 N–H and O–H groups in total. The molecule has 3 nitrogen and oxygen atoms in total. The van der Waals surface area contributed by atoms with Crippen LogP contribution in [-0.4, -0.2) is 38.9 Å². The van der Waals surface area contributed by atoms with Gasteiger partial charge in [0.05, 0.1) is 12.8 Å². The summed E-state index contributed by atoms with van der Waals surface area (Å²) in [6, 6.07) is 9.52. The fourth-order valence-electron chi connectivity index (χ4n) is 3.88. The SMILES string of the molecule is O=C(CBr)N(P=S)C1C[C@H]2CC[C@@H](C1)N2Cc1ccc(Cl)cc1. The van der Waals surface area contributed by atoms with Crippen molar-refractivity contribution in [2.45, 2.75) is 50.4 Å². The van der Waals surface area contributed by atoms with Gasteiger partial charge in [0.25, 0.3) is 0 Å². The summed E-state index contributed by atoms with van der Waals surface area (Å²) in [7, 11) is 0.647. The van der Waals surface area contributed by atoms with Crippen LogP contribution in [-0.2, 0) is 23.1 Å². The largest absolute Gasteiger partial charge is 0.293 e. The maximum absolute atomic E-state index is 12.1. The Morgan fingerprint density at radius 1 is 1.30 bits per heavy atom. The van der Waals surface area contributed by atoms with E-state index in [2.05, 4.69) is 33.0 Å². The third-order valence-electron chi connectivity index (χ3n) is 4.94. The standard InChI is InChI=1S/C16H19BrClN2OPS/c17-9-16(21)20(22-23)15-7-13-5-6-14(8-15)19(13)10-11-1-3-12(18)4-2-11/h1-4,13-15H,5-10H2/t13-,14+,15?. The minimum absolute atomic E-state index is 0.109. The quantitative estimate of drug-likeness (QED) is 0.508. The first kappa shape index (κ1) is 17.8. The summed E-state index contributed by atoms with van der Waals surface area (Å²) in [5.41, 5.74) is 1.31. The highest BCUT2D eigenvalue weighted by molar-refractivity contribution is 9.09. The highest BCUT2D eigenvalue weighted by atomic mass is 79.9. The Labute approximate surface area is 157 Å². The molecule has 0 aromatic heterocycles. The monoisotopic (exact) mass is 432 g/mol. The van der Waals surface area contributed by atoms with Crippen molar-refractivity contribution in [3.63, 3.8) is 0 Å². The van der Waals surface area contributed by atoms with Crippen molar-refractivity contribution in [1.82, 2.24) is 9.57 Å². The van der Waals surface area contributed by atoms with Gasteiger partial charge >= 0.3 is 0 Å². The Kier molecular flexibility index (Phi) is 6.08. The van der Waals surface area contributed by atoms with Crippen LogP contribution in [0.5, 0.6) is 0 Å². The van der Waals surface area contributed by atoms with E-state index in [-0.39, 0.29) is 11.9 Å². The topological polar surface area (TPSA) is 23.6 Å². The second-order valence-corrected chi connectivity index (χ2v) is 8.34. The van der Waals surface area contributed by atoms with E-state index in [0.717, 1.165) is 24.4 Å². The molecule has 7 heteroatoms. The molecular formula is C16H19BrClN2OPS. The Morgan fingerprint density at radius 3 is 2.43 bits per heavy atom. The summed E-state index contributed by atoms with van der Waals surface area (Å²) in [5, 5.41) is 1.14. The van der Waals surface area contributed by atoms with Gasteiger partial charge in [0.1, 0.15) is 0 Å². The van der Waals surface area contributed by atoms with Crippen LogP contribution in [0, 0.1) is 0 Å². The second-order valence-electron chi connectivity index (χ2n) is 6.26. The summed E-state index contributed by atoms with van der Waals surface area (Å²) >= 11 is 14.4. The van der Waals surface area contributed by atoms with Crippen molar-refractivity contribution in [3.05, 3.63) is 34.9 Å². The molecule has 3 atom stereocenters. The molecule has 1 aromatic rings. The molecule has 1 aromatic carbocycles. The lowest BCUT2D eigenvalue weighted by atomic mass is 9.96. The molecule has 1 unspecified atom stereocenters. The molecule has 2 saturated heterocycles. The van der Waals surface area contributed by atoms with E-state index in [1.807, 2.05) is 16.8 Å². The maximum atomic E-state index is 12.1. The molecule has 2 aliphatic heterocycles. The van der Waals surface area contributed by atoms with Gasteiger partial charge in [-0.1, -0.05) is 39.7 Å². The number of rotatable bonds is 5. The van der Waals surface area contributed by atoms with Gasteiger partial charge in [0.15, 0.2) is 0 Å². The maximum Gasteiger partial charge on any atom is 0.241 e. The van der Waals surface area contributed by atoms with Gasteiger partial charge in [-0.15, -0.1) is 0 Å². The van der Waals surface area contributed by atoms with Crippen LogP contribution < -0.4 is 0 Å². The number of fused-ring (bicyclic) bond motifs is 2. The van der Waals surface area contributed by atoms with E-state index in [1.165, 1.54) is 18.4 Å². The summed E-state index contributed by atoms with van der Waals surface area (Å²) in [5.74, 6) is 0.109. The molecule has 3 rings (SSSR count). The van der Waals surface area contributed by atoms with Gasteiger partial charge < -0.3 is 0 Å². The summed E-state index contributed by atoms with van der Waals surface area (Å²) in [4.78, 5) is 14.7. The molecule has 0 saturated carbocycles. The number of hydrogen-bond acceptors (Lipinski definition) is 3. The van der Waals surface area contributed by atoms with Crippen LogP contribution >= 0.6 is 35.0 Å². The molecule has 0 radical (unpaired) electrons. The van der Waals surface area contributed by atoms with Crippen molar-refractivity contribution >= 4 is 52.8 Å². The fraction of sp³-hybridized carbons (Fsp3) is 0.562. The fourth-order valence-corrected chi connectivity index (χ4v) is 5.63. The summed E-state index contributed by atoms with van der Waals surface area (Å²) in [6.45, 7) is 0.969. The minimum Gasteiger partial charge on any atom is -0.293 e. The first-order valence-electron chi connectivity index (χ1n) is 7.84. The lowest BCUT2D eigenvalue weighted by Crippen LogP contribution is -2.49. The zero-order valence-electron chi connectivity index (χ0n) is 12.7. The highest BCUT2D eigenvalue weighted by Crippen LogP contribution is 2.40. The van der Waals surface area contributed by atoms with Gasteiger partial charge in [0, 0.05) is 29.7 Å². The Bertz CT molecular complexity index is 574. The van der Waals surface area contributed by atoms with Crippen LogP contribution in [0.15, 0.2) is 24.3 Å². The van der Waals surface area contributed by atoms with E-state index < -0.39 is 0 Å². The van der Waals surface area contributed by atoms with Gasteiger partial charge in [-0.3, -0.25) is 14.4 Å². The number of nitrogens with zero attached hydrogens (tertiary/aromatic N) is 2. The number of carbonyl (C=O) groups is 1. The summed E-state index contributed by atoms with van der Waals surface area (Å²) in [6.07, 6.45) is 4.51. The van der Waals surface area contributed by atoms with Crippen molar-refractivity contribution in [1.29, 1.82) is 0 Å². The molecule has 0 aliphatic carbocycles. The number of alkyl halides is 1. The van der Waals surface area contributed by atoms with Crippen LogP contribution in [0.3, 0.4) is 0 Å².